The molecule has 0 amide bonds. The molecule has 0 saturated heterocycles. The van der Waals surface area contributed by atoms with Gasteiger partial charge in [-0.1, -0.05) is 24.3 Å². The lowest BCUT2D eigenvalue weighted by atomic mass is 9.63. The molecule has 0 saturated carbocycles. The zero-order valence-electron chi connectivity index (χ0n) is 17.9. The number of hydrogen-bond acceptors (Lipinski definition) is 6. The van der Waals surface area contributed by atoms with E-state index in [1.54, 1.807) is 48.5 Å². The first-order valence-electron chi connectivity index (χ1n) is 11.0. The summed E-state index contributed by atoms with van der Waals surface area (Å²) in [6, 6.07) is 19.6. The predicted octanol–water partition coefficient (Wildman–Crippen LogP) is 5.08. The number of fused-ring (bicyclic) bond motifs is 7. The average Bonchev–Trinajstić information content (AvgIpc) is 3.05. The number of phenolic OH excluding ortho intramolecular Hbond substituents is 6. The maximum atomic E-state index is 11.0. The first-order chi connectivity index (χ1) is 16.3. The fraction of sp³-hybridized carbons (Fsp3) is 0.143. The summed E-state index contributed by atoms with van der Waals surface area (Å²) in [4.78, 5) is 0. The second-order valence-corrected chi connectivity index (χ2v) is 9.13. The molecular weight excluding hydrogens is 432 g/mol. The van der Waals surface area contributed by atoms with Gasteiger partial charge in [0.2, 0.25) is 0 Å². The predicted molar refractivity (Wildman–Crippen MR) is 125 cm³/mol. The van der Waals surface area contributed by atoms with Crippen molar-refractivity contribution >= 4 is 0 Å². The second kappa shape index (κ2) is 7.09. The van der Waals surface area contributed by atoms with Crippen molar-refractivity contribution in [2.75, 3.05) is 0 Å². The lowest BCUT2D eigenvalue weighted by Gasteiger charge is -2.40. The molecule has 170 valence electrons. The van der Waals surface area contributed by atoms with E-state index in [4.69, 9.17) is 0 Å². The monoisotopic (exact) mass is 454 g/mol. The second-order valence-electron chi connectivity index (χ2n) is 9.13. The zero-order chi connectivity index (χ0) is 23.7. The van der Waals surface area contributed by atoms with E-state index in [1.165, 1.54) is 12.1 Å². The molecule has 4 atom stereocenters. The van der Waals surface area contributed by atoms with Crippen LogP contribution in [0, 0.1) is 0 Å². The molecule has 4 aromatic carbocycles. The van der Waals surface area contributed by atoms with E-state index in [0.717, 1.165) is 16.7 Å². The molecule has 6 nitrogen and oxygen atoms in total. The van der Waals surface area contributed by atoms with Gasteiger partial charge in [0.15, 0.2) is 0 Å². The Bertz CT molecular complexity index is 1430. The lowest BCUT2D eigenvalue weighted by molar-refractivity contribution is 0.406. The van der Waals surface area contributed by atoms with Crippen LogP contribution >= 0.6 is 0 Å². The first-order valence-corrected chi connectivity index (χ1v) is 11.0. The van der Waals surface area contributed by atoms with E-state index in [1.807, 2.05) is 12.1 Å². The molecule has 6 rings (SSSR count). The van der Waals surface area contributed by atoms with Gasteiger partial charge in [0.1, 0.15) is 34.5 Å². The molecule has 0 aromatic heterocycles. The van der Waals surface area contributed by atoms with Gasteiger partial charge in [-0.15, -0.1) is 0 Å². The van der Waals surface area contributed by atoms with Crippen LogP contribution in [0.3, 0.4) is 0 Å². The number of hydrogen-bond donors (Lipinski definition) is 6. The third-order valence-corrected chi connectivity index (χ3v) is 7.30. The normalized spacial score (nSPS) is 22.2. The summed E-state index contributed by atoms with van der Waals surface area (Å²) in [5.41, 5.74) is 4.48. The van der Waals surface area contributed by atoms with Gasteiger partial charge < -0.3 is 30.6 Å². The summed E-state index contributed by atoms with van der Waals surface area (Å²) in [6.07, 6.45) is 0. The Hall–Kier alpha value is -4.32. The SMILES string of the molecule is Oc1ccc([C@@H]2c3c(O)cc(O)cc3C3c4c(O)cc(O)cc4[C@@H]2[C@@H]3c2ccc(O)cc2)cc1. The molecule has 4 aromatic rings. The van der Waals surface area contributed by atoms with Crippen molar-refractivity contribution in [3.8, 4) is 34.5 Å². The molecule has 0 spiro atoms. The van der Waals surface area contributed by atoms with E-state index in [-0.39, 0.29) is 46.3 Å². The van der Waals surface area contributed by atoms with Crippen molar-refractivity contribution in [2.45, 2.75) is 23.7 Å². The maximum absolute atomic E-state index is 11.0. The van der Waals surface area contributed by atoms with Gasteiger partial charge in [0.05, 0.1) is 0 Å². The molecule has 2 bridgehead atoms. The minimum atomic E-state index is -0.397. The largest absolute Gasteiger partial charge is 0.508 e. The average molecular weight is 454 g/mol. The molecule has 1 unspecified atom stereocenters. The third kappa shape index (κ3) is 2.81. The molecule has 0 heterocycles. The Balaban J connectivity index is 1.72. The van der Waals surface area contributed by atoms with Crippen molar-refractivity contribution in [1.29, 1.82) is 0 Å². The first kappa shape index (κ1) is 20.3. The minimum absolute atomic E-state index is 0.0496. The molecule has 34 heavy (non-hydrogen) atoms. The molecule has 6 heteroatoms. The molecule has 0 fully saturated rings. The van der Waals surface area contributed by atoms with Crippen LogP contribution in [0.5, 0.6) is 34.5 Å². The fourth-order valence-corrected chi connectivity index (χ4v) is 6.15. The number of phenols is 6. The topological polar surface area (TPSA) is 121 Å². The highest BCUT2D eigenvalue weighted by Crippen LogP contribution is 2.68. The van der Waals surface area contributed by atoms with Crippen LogP contribution in [0.1, 0.15) is 57.1 Å². The van der Waals surface area contributed by atoms with Gasteiger partial charge in [-0.3, -0.25) is 0 Å². The molecule has 0 aliphatic heterocycles. The van der Waals surface area contributed by atoms with E-state index < -0.39 is 11.8 Å². The Kier molecular flexibility index (Phi) is 4.23. The molecule has 6 N–H and O–H groups in total. The van der Waals surface area contributed by atoms with Crippen molar-refractivity contribution in [2.24, 2.45) is 0 Å². The summed E-state index contributed by atoms with van der Waals surface area (Å²) < 4.78 is 0. The highest BCUT2D eigenvalue weighted by atomic mass is 16.3. The van der Waals surface area contributed by atoms with Crippen LogP contribution in [0.15, 0.2) is 72.8 Å². The minimum Gasteiger partial charge on any atom is -0.508 e. The summed E-state index contributed by atoms with van der Waals surface area (Å²) in [5.74, 6) is -1.29. The van der Waals surface area contributed by atoms with E-state index in [0.29, 0.717) is 16.7 Å². The number of benzene rings is 4. The Morgan fingerprint density at radius 3 is 1.44 bits per heavy atom. The van der Waals surface area contributed by atoms with Crippen LogP contribution in [-0.4, -0.2) is 30.6 Å². The van der Waals surface area contributed by atoms with Crippen LogP contribution in [-0.2, 0) is 0 Å². The van der Waals surface area contributed by atoms with Crippen molar-refractivity contribution < 1.29 is 30.6 Å². The van der Waals surface area contributed by atoms with Gasteiger partial charge in [-0.2, -0.15) is 0 Å². The molecular formula is C28H22O6. The van der Waals surface area contributed by atoms with Crippen molar-refractivity contribution in [3.63, 3.8) is 0 Å². The Labute approximate surface area is 195 Å². The summed E-state index contributed by atoms with van der Waals surface area (Å²) in [5, 5.41) is 62.6. The fourth-order valence-electron chi connectivity index (χ4n) is 6.15. The van der Waals surface area contributed by atoms with Gasteiger partial charge in [-0.25, -0.2) is 0 Å². The van der Waals surface area contributed by atoms with E-state index in [9.17, 15) is 30.6 Å². The quantitative estimate of drug-likeness (QED) is 0.251. The maximum Gasteiger partial charge on any atom is 0.123 e. The van der Waals surface area contributed by atoms with Crippen molar-refractivity contribution in [1.82, 2.24) is 0 Å². The lowest BCUT2D eigenvalue weighted by Crippen LogP contribution is -2.26. The third-order valence-electron chi connectivity index (χ3n) is 7.30. The summed E-state index contributed by atoms with van der Waals surface area (Å²) >= 11 is 0. The van der Waals surface area contributed by atoms with Gasteiger partial charge in [-0.05, 0) is 58.7 Å². The van der Waals surface area contributed by atoms with E-state index >= 15 is 0 Å². The van der Waals surface area contributed by atoms with Crippen molar-refractivity contribution in [3.05, 3.63) is 106 Å². The summed E-state index contributed by atoms with van der Waals surface area (Å²) in [6.45, 7) is 0. The summed E-state index contributed by atoms with van der Waals surface area (Å²) in [7, 11) is 0. The standard InChI is InChI=1S/C28H22O6/c29-15-5-1-13(2-6-15)23-25-19(9-17(31)11-21(25)33)28-24(14-3-7-16(30)8-4-14)27(23)20-10-18(32)12-22(34)26(20)28/h1-12,23-24,27-34H/t23-,24+,27+,28?/m1/s1. The van der Waals surface area contributed by atoms with Gasteiger partial charge in [0, 0.05) is 46.9 Å². The van der Waals surface area contributed by atoms with Crippen LogP contribution in [0.25, 0.3) is 0 Å². The van der Waals surface area contributed by atoms with Crippen LogP contribution < -0.4 is 0 Å². The highest BCUT2D eigenvalue weighted by Gasteiger charge is 2.53. The Morgan fingerprint density at radius 1 is 0.412 bits per heavy atom. The molecule has 2 aliphatic rings. The highest BCUT2D eigenvalue weighted by molar-refractivity contribution is 5.68. The number of aromatic hydroxyl groups is 6. The zero-order valence-corrected chi connectivity index (χ0v) is 17.9. The van der Waals surface area contributed by atoms with Gasteiger partial charge in [0.25, 0.3) is 0 Å². The smallest absolute Gasteiger partial charge is 0.123 e. The molecule has 0 radical (unpaired) electrons. The van der Waals surface area contributed by atoms with Gasteiger partial charge >= 0.3 is 0 Å². The molecule has 2 aliphatic carbocycles. The van der Waals surface area contributed by atoms with Crippen LogP contribution in [0.2, 0.25) is 0 Å². The van der Waals surface area contributed by atoms with Crippen LogP contribution in [0.4, 0.5) is 0 Å². The number of rotatable bonds is 2. The van der Waals surface area contributed by atoms with E-state index in [2.05, 4.69) is 0 Å². The Morgan fingerprint density at radius 2 is 0.882 bits per heavy atom.